The van der Waals surface area contributed by atoms with Crippen molar-refractivity contribution in [3.05, 3.63) is 29.9 Å². The van der Waals surface area contributed by atoms with E-state index in [4.69, 9.17) is 9.26 Å². The zero-order valence-electron chi connectivity index (χ0n) is 14.9. The molecule has 1 saturated carbocycles. The van der Waals surface area contributed by atoms with Gasteiger partial charge in [0.2, 0.25) is 5.89 Å². The summed E-state index contributed by atoms with van der Waals surface area (Å²) in [5.41, 5.74) is 0. The Morgan fingerprint density at radius 1 is 1.24 bits per heavy atom. The van der Waals surface area contributed by atoms with Crippen LogP contribution in [0.15, 0.2) is 16.9 Å². The fraction of sp³-hybridized carbons (Fsp3) is 0.722. The Labute approximate surface area is 148 Å². The molecule has 0 atom stereocenters. The van der Waals surface area contributed by atoms with Gasteiger partial charge in [-0.1, -0.05) is 11.6 Å². The number of hydrogen-bond acceptors (Lipinski definition) is 6. The van der Waals surface area contributed by atoms with E-state index in [1.807, 2.05) is 6.20 Å². The maximum absolute atomic E-state index is 5.30. The van der Waals surface area contributed by atoms with E-state index in [0.29, 0.717) is 24.2 Å². The molecule has 0 bridgehead atoms. The molecule has 0 spiro atoms. The van der Waals surface area contributed by atoms with Crippen LogP contribution in [0.1, 0.15) is 55.6 Å². The van der Waals surface area contributed by atoms with Gasteiger partial charge in [0, 0.05) is 32.0 Å². The second-order valence-corrected chi connectivity index (χ2v) is 7.32. The minimum atomic E-state index is 0.398. The summed E-state index contributed by atoms with van der Waals surface area (Å²) in [4.78, 5) is 11.4. The van der Waals surface area contributed by atoms with Gasteiger partial charge < -0.3 is 13.8 Å². The third-order valence-corrected chi connectivity index (χ3v) is 5.52. The minimum Gasteiger partial charge on any atom is -0.377 e. The van der Waals surface area contributed by atoms with Crippen molar-refractivity contribution in [2.24, 2.45) is 5.92 Å². The highest BCUT2D eigenvalue weighted by atomic mass is 16.5. The van der Waals surface area contributed by atoms with Crippen LogP contribution >= 0.6 is 0 Å². The molecule has 0 aromatic carbocycles. The van der Waals surface area contributed by atoms with E-state index in [1.54, 1.807) is 7.11 Å². The standard InChI is InChI=1S/C18H27N5O2/c1-24-13-16-20-17(25-21-16)12-22-8-5-15(6-9-22)18-19-7-10-23(18)11-14-3-2-4-14/h7,10,14-15H,2-6,8-9,11-13H2,1H3. The molecule has 2 fully saturated rings. The SMILES string of the molecule is COCc1noc(CN2CCC(c3nccn3CC3CCC3)CC2)n1. The lowest BCUT2D eigenvalue weighted by atomic mass is 9.85. The lowest BCUT2D eigenvalue weighted by Gasteiger charge is -2.32. The van der Waals surface area contributed by atoms with Gasteiger partial charge >= 0.3 is 0 Å². The van der Waals surface area contributed by atoms with E-state index in [1.165, 1.54) is 25.1 Å². The monoisotopic (exact) mass is 345 g/mol. The third-order valence-electron chi connectivity index (χ3n) is 5.52. The fourth-order valence-corrected chi connectivity index (χ4v) is 3.87. The van der Waals surface area contributed by atoms with Crippen LogP contribution in [0.4, 0.5) is 0 Å². The van der Waals surface area contributed by atoms with Gasteiger partial charge in [-0.2, -0.15) is 4.98 Å². The zero-order chi connectivity index (χ0) is 17.1. The molecule has 7 nitrogen and oxygen atoms in total. The third kappa shape index (κ3) is 3.93. The molecule has 2 aromatic heterocycles. The molecule has 3 heterocycles. The van der Waals surface area contributed by atoms with Crippen LogP contribution < -0.4 is 0 Å². The first-order valence-electron chi connectivity index (χ1n) is 9.35. The number of ether oxygens (including phenoxy) is 1. The van der Waals surface area contributed by atoms with Crippen LogP contribution in [-0.4, -0.2) is 44.8 Å². The Bertz CT molecular complexity index is 671. The van der Waals surface area contributed by atoms with Crippen molar-refractivity contribution in [1.29, 1.82) is 0 Å². The van der Waals surface area contributed by atoms with Gasteiger partial charge in [0.25, 0.3) is 0 Å². The lowest BCUT2D eigenvalue weighted by molar-refractivity contribution is 0.171. The fourth-order valence-electron chi connectivity index (χ4n) is 3.87. The molecule has 0 radical (unpaired) electrons. The number of rotatable bonds is 7. The van der Waals surface area contributed by atoms with Gasteiger partial charge in [0.15, 0.2) is 5.82 Å². The van der Waals surface area contributed by atoms with Crippen molar-refractivity contribution >= 4 is 0 Å². The molecule has 0 unspecified atom stereocenters. The van der Waals surface area contributed by atoms with E-state index in [0.717, 1.165) is 44.9 Å². The average Bonchev–Trinajstić information content (AvgIpc) is 3.22. The van der Waals surface area contributed by atoms with Gasteiger partial charge in [0.1, 0.15) is 12.4 Å². The van der Waals surface area contributed by atoms with Crippen molar-refractivity contribution in [2.45, 2.75) is 57.7 Å². The number of hydrogen-bond donors (Lipinski definition) is 0. The highest BCUT2D eigenvalue weighted by Gasteiger charge is 2.26. The van der Waals surface area contributed by atoms with E-state index in [9.17, 15) is 0 Å². The normalized spacial score (nSPS) is 20.0. The summed E-state index contributed by atoms with van der Waals surface area (Å²) < 4.78 is 12.7. The number of piperidine rings is 1. The second-order valence-electron chi connectivity index (χ2n) is 7.32. The number of aromatic nitrogens is 4. The molecule has 1 aliphatic heterocycles. The summed E-state index contributed by atoms with van der Waals surface area (Å²) in [6, 6.07) is 0. The largest absolute Gasteiger partial charge is 0.377 e. The quantitative estimate of drug-likeness (QED) is 0.768. The second kappa shape index (κ2) is 7.66. The first-order valence-corrected chi connectivity index (χ1v) is 9.35. The summed E-state index contributed by atoms with van der Waals surface area (Å²) in [5.74, 6) is 4.01. The van der Waals surface area contributed by atoms with E-state index >= 15 is 0 Å². The maximum atomic E-state index is 5.30. The Balaban J connectivity index is 1.30. The van der Waals surface area contributed by atoms with E-state index < -0.39 is 0 Å². The van der Waals surface area contributed by atoms with Crippen LogP contribution in [0.5, 0.6) is 0 Å². The summed E-state index contributed by atoms with van der Waals surface area (Å²) in [6.45, 7) is 4.36. The van der Waals surface area contributed by atoms with Gasteiger partial charge in [-0.3, -0.25) is 4.90 Å². The highest BCUT2D eigenvalue weighted by molar-refractivity contribution is 5.03. The number of imidazole rings is 1. The topological polar surface area (TPSA) is 69.2 Å². The summed E-state index contributed by atoms with van der Waals surface area (Å²) >= 11 is 0. The Morgan fingerprint density at radius 3 is 2.80 bits per heavy atom. The van der Waals surface area contributed by atoms with Gasteiger partial charge in [0.05, 0.1) is 6.54 Å². The predicted molar refractivity (Wildman–Crippen MR) is 91.8 cm³/mol. The van der Waals surface area contributed by atoms with Crippen molar-refractivity contribution in [3.63, 3.8) is 0 Å². The molecule has 2 aromatic rings. The van der Waals surface area contributed by atoms with Crippen LogP contribution in [-0.2, 0) is 24.4 Å². The van der Waals surface area contributed by atoms with Crippen molar-refractivity contribution < 1.29 is 9.26 Å². The molecular weight excluding hydrogens is 318 g/mol. The average molecular weight is 345 g/mol. The van der Waals surface area contributed by atoms with E-state index in [2.05, 4.69) is 30.8 Å². The number of nitrogens with zero attached hydrogens (tertiary/aromatic N) is 5. The molecule has 136 valence electrons. The summed E-state index contributed by atoms with van der Waals surface area (Å²) in [5, 5.41) is 3.93. The van der Waals surface area contributed by atoms with Crippen molar-refractivity contribution in [3.8, 4) is 0 Å². The maximum Gasteiger partial charge on any atom is 0.240 e. The summed E-state index contributed by atoms with van der Waals surface area (Å²) in [6.07, 6.45) is 10.6. The van der Waals surface area contributed by atoms with Crippen molar-refractivity contribution in [2.75, 3.05) is 20.2 Å². The van der Waals surface area contributed by atoms with Gasteiger partial charge in [-0.15, -0.1) is 0 Å². The molecule has 0 N–H and O–H groups in total. The first-order chi connectivity index (χ1) is 12.3. The summed E-state index contributed by atoms with van der Waals surface area (Å²) in [7, 11) is 1.63. The highest BCUT2D eigenvalue weighted by Crippen LogP contribution is 2.31. The van der Waals surface area contributed by atoms with Gasteiger partial charge in [-0.25, -0.2) is 4.98 Å². The van der Waals surface area contributed by atoms with Crippen LogP contribution in [0.25, 0.3) is 0 Å². The molecule has 2 aliphatic rings. The molecule has 25 heavy (non-hydrogen) atoms. The smallest absolute Gasteiger partial charge is 0.240 e. The Morgan fingerprint density at radius 2 is 2.08 bits per heavy atom. The first kappa shape index (κ1) is 16.7. The molecule has 0 amide bonds. The van der Waals surface area contributed by atoms with Gasteiger partial charge in [-0.05, 0) is 44.7 Å². The predicted octanol–water partition coefficient (Wildman–Crippen LogP) is 2.59. The van der Waals surface area contributed by atoms with E-state index in [-0.39, 0.29) is 0 Å². The number of likely N-dealkylation sites (tertiary alicyclic amines) is 1. The Kier molecular flexibility index (Phi) is 5.12. The van der Waals surface area contributed by atoms with Crippen molar-refractivity contribution in [1.82, 2.24) is 24.6 Å². The Hall–Kier alpha value is -1.73. The lowest BCUT2D eigenvalue weighted by Crippen LogP contribution is -2.33. The van der Waals surface area contributed by atoms with Crippen LogP contribution in [0.2, 0.25) is 0 Å². The van der Waals surface area contributed by atoms with Crippen LogP contribution in [0.3, 0.4) is 0 Å². The molecule has 7 heteroatoms. The minimum absolute atomic E-state index is 0.398. The molecule has 1 saturated heterocycles. The van der Waals surface area contributed by atoms with Crippen LogP contribution in [0, 0.1) is 5.92 Å². The molecular formula is C18H27N5O2. The molecule has 1 aliphatic carbocycles. The molecule has 4 rings (SSSR count). The number of methoxy groups -OCH3 is 1. The zero-order valence-corrected chi connectivity index (χ0v) is 14.9.